The Balaban J connectivity index is 2.43. The second-order valence-corrected chi connectivity index (χ2v) is 4.67. The van der Waals surface area contributed by atoms with Gasteiger partial charge in [0.2, 0.25) is 0 Å². The normalized spacial score (nSPS) is 12.5. The molecule has 0 spiro atoms. The summed E-state index contributed by atoms with van der Waals surface area (Å²) in [5.41, 5.74) is 1.55. The third kappa shape index (κ3) is 6.17. The molecule has 1 rings (SSSR count). The first-order valence-corrected chi connectivity index (χ1v) is 6.95. The standard InChI is InChI=1S/C17H20O4/c1-2-15(13-19)16(8-10-18)12-17(20)21-11-9-14-6-4-3-5-7-14/h2-7,10,13,16H,8-9,11-12H2,1H3/b15-2-. The van der Waals surface area contributed by atoms with E-state index in [1.807, 2.05) is 30.3 Å². The Morgan fingerprint density at radius 2 is 1.95 bits per heavy atom. The average molecular weight is 288 g/mol. The highest BCUT2D eigenvalue weighted by Crippen LogP contribution is 2.17. The first kappa shape index (κ1) is 16.8. The second-order valence-electron chi connectivity index (χ2n) is 4.67. The van der Waals surface area contributed by atoms with E-state index in [9.17, 15) is 14.4 Å². The van der Waals surface area contributed by atoms with Crippen molar-refractivity contribution < 1.29 is 19.1 Å². The Morgan fingerprint density at radius 1 is 1.24 bits per heavy atom. The molecule has 0 saturated carbocycles. The summed E-state index contributed by atoms with van der Waals surface area (Å²) in [6.45, 7) is 2.01. The van der Waals surface area contributed by atoms with E-state index in [1.165, 1.54) is 0 Å². The summed E-state index contributed by atoms with van der Waals surface area (Å²) in [6, 6.07) is 9.72. The van der Waals surface area contributed by atoms with Crippen molar-refractivity contribution in [3.05, 3.63) is 47.5 Å². The highest BCUT2D eigenvalue weighted by molar-refractivity contribution is 5.78. The zero-order chi connectivity index (χ0) is 15.5. The van der Waals surface area contributed by atoms with E-state index >= 15 is 0 Å². The molecule has 1 atom stereocenters. The van der Waals surface area contributed by atoms with Gasteiger partial charge in [0.1, 0.15) is 12.6 Å². The number of hydrogen-bond donors (Lipinski definition) is 0. The van der Waals surface area contributed by atoms with Crippen molar-refractivity contribution in [3.63, 3.8) is 0 Å². The van der Waals surface area contributed by atoms with E-state index in [-0.39, 0.29) is 18.8 Å². The van der Waals surface area contributed by atoms with Crippen LogP contribution in [0, 0.1) is 5.92 Å². The van der Waals surface area contributed by atoms with Crippen LogP contribution in [0.25, 0.3) is 0 Å². The van der Waals surface area contributed by atoms with E-state index in [1.54, 1.807) is 13.0 Å². The van der Waals surface area contributed by atoms with E-state index in [4.69, 9.17) is 4.74 Å². The van der Waals surface area contributed by atoms with Crippen molar-refractivity contribution in [1.29, 1.82) is 0 Å². The van der Waals surface area contributed by atoms with Crippen molar-refractivity contribution in [3.8, 4) is 0 Å². The fraction of sp³-hybridized carbons (Fsp3) is 0.353. The topological polar surface area (TPSA) is 60.4 Å². The van der Waals surface area contributed by atoms with Crippen molar-refractivity contribution in [1.82, 2.24) is 0 Å². The number of aldehydes is 2. The molecule has 21 heavy (non-hydrogen) atoms. The van der Waals surface area contributed by atoms with Crippen molar-refractivity contribution in [2.45, 2.75) is 26.2 Å². The first-order valence-electron chi connectivity index (χ1n) is 6.95. The van der Waals surface area contributed by atoms with Crippen LogP contribution in [0.2, 0.25) is 0 Å². The van der Waals surface area contributed by atoms with Gasteiger partial charge in [-0.15, -0.1) is 0 Å². The van der Waals surface area contributed by atoms with Gasteiger partial charge in [0, 0.05) is 18.8 Å². The van der Waals surface area contributed by atoms with Gasteiger partial charge in [0.05, 0.1) is 13.0 Å². The number of benzene rings is 1. The molecule has 0 saturated heterocycles. The fourth-order valence-corrected chi connectivity index (χ4v) is 2.04. The maximum atomic E-state index is 11.8. The van der Waals surface area contributed by atoms with E-state index in [0.29, 0.717) is 24.9 Å². The third-order valence-electron chi connectivity index (χ3n) is 3.23. The molecular formula is C17H20O4. The Morgan fingerprint density at radius 3 is 2.52 bits per heavy atom. The number of esters is 1. The van der Waals surface area contributed by atoms with Crippen LogP contribution in [0.4, 0.5) is 0 Å². The molecule has 0 fully saturated rings. The molecule has 0 aromatic heterocycles. The molecule has 0 N–H and O–H groups in total. The Bertz CT molecular complexity index is 491. The van der Waals surface area contributed by atoms with Crippen LogP contribution in [0.15, 0.2) is 42.0 Å². The molecular weight excluding hydrogens is 268 g/mol. The number of carbonyl (C=O) groups excluding carboxylic acids is 3. The van der Waals surface area contributed by atoms with Crippen molar-refractivity contribution >= 4 is 18.5 Å². The summed E-state index contributed by atoms with van der Waals surface area (Å²) >= 11 is 0. The van der Waals surface area contributed by atoms with Gasteiger partial charge < -0.3 is 9.53 Å². The summed E-state index contributed by atoms with van der Waals surface area (Å²) < 4.78 is 5.16. The maximum Gasteiger partial charge on any atom is 0.306 e. The van der Waals surface area contributed by atoms with Crippen LogP contribution >= 0.6 is 0 Å². The van der Waals surface area contributed by atoms with E-state index in [0.717, 1.165) is 11.8 Å². The smallest absolute Gasteiger partial charge is 0.306 e. The van der Waals surface area contributed by atoms with E-state index in [2.05, 4.69) is 0 Å². The molecule has 0 bridgehead atoms. The molecule has 0 heterocycles. The highest BCUT2D eigenvalue weighted by atomic mass is 16.5. The minimum absolute atomic E-state index is 0.0476. The lowest BCUT2D eigenvalue weighted by Gasteiger charge is -2.13. The molecule has 1 unspecified atom stereocenters. The maximum absolute atomic E-state index is 11.8. The Hall–Kier alpha value is -2.23. The molecule has 0 aliphatic rings. The van der Waals surface area contributed by atoms with Gasteiger partial charge >= 0.3 is 5.97 Å². The molecule has 112 valence electrons. The number of carbonyl (C=O) groups is 3. The largest absolute Gasteiger partial charge is 0.465 e. The van der Waals surface area contributed by atoms with Crippen LogP contribution in [0.3, 0.4) is 0 Å². The predicted octanol–water partition coefficient (Wildman–Crippen LogP) is 2.51. The summed E-state index contributed by atoms with van der Waals surface area (Å²) in [4.78, 5) is 33.3. The SMILES string of the molecule is C/C=C(/C=O)C(CC=O)CC(=O)OCCc1ccccc1. The molecule has 0 radical (unpaired) electrons. The Kier molecular flexibility index (Phi) is 7.72. The lowest BCUT2D eigenvalue weighted by atomic mass is 9.93. The third-order valence-corrected chi connectivity index (χ3v) is 3.23. The van der Waals surface area contributed by atoms with Gasteiger partial charge in [0.25, 0.3) is 0 Å². The van der Waals surface area contributed by atoms with Gasteiger partial charge in [-0.25, -0.2) is 0 Å². The Labute approximate surface area is 124 Å². The molecule has 0 amide bonds. The zero-order valence-corrected chi connectivity index (χ0v) is 12.2. The monoisotopic (exact) mass is 288 g/mol. The lowest BCUT2D eigenvalue weighted by Crippen LogP contribution is -2.16. The second kappa shape index (κ2) is 9.64. The summed E-state index contributed by atoms with van der Waals surface area (Å²) in [5, 5.41) is 0. The van der Waals surface area contributed by atoms with Gasteiger partial charge in [0.15, 0.2) is 0 Å². The van der Waals surface area contributed by atoms with Crippen LogP contribution < -0.4 is 0 Å². The molecule has 1 aromatic carbocycles. The molecule has 1 aromatic rings. The minimum atomic E-state index is -0.394. The summed E-state index contributed by atoms with van der Waals surface area (Å²) in [5.74, 6) is -0.784. The van der Waals surface area contributed by atoms with Crippen molar-refractivity contribution in [2.24, 2.45) is 5.92 Å². The zero-order valence-electron chi connectivity index (χ0n) is 12.2. The number of allylic oxidation sites excluding steroid dienone is 2. The summed E-state index contributed by atoms with van der Waals surface area (Å²) in [6.07, 6.45) is 3.87. The number of hydrogen-bond acceptors (Lipinski definition) is 4. The summed E-state index contributed by atoms with van der Waals surface area (Å²) in [7, 11) is 0. The highest BCUT2D eigenvalue weighted by Gasteiger charge is 2.18. The van der Waals surface area contributed by atoms with Crippen LogP contribution in [0.1, 0.15) is 25.3 Å². The number of rotatable bonds is 9. The average Bonchev–Trinajstić information content (AvgIpc) is 2.49. The van der Waals surface area contributed by atoms with Crippen LogP contribution in [-0.2, 0) is 25.5 Å². The van der Waals surface area contributed by atoms with Gasteiger partial charge in [-0.05, 0) is 18.1 Å². The van der Waals surface area contributed by atoms with Crippen molar-refractivity contribution in [2.75, 3.05) is 6.61 Å². The fourth-order valence-electron chi connectivity index (χ4n) is 2.04. The quantitative estimate of drug-likeness (QED) is 0.398. The minimum Gasteiger partial charge on any atom is -0.465 e. The molecule has 4 nitrogen and oxygen atoms in total. The van der Waals surface area contributed by atoms with Crippen LogP contribution in [0.5, 0.6) is 0 Å². The van der Waals surface area contributed by atoms with E-state index < -0.39 is 5.92 Å². The first-order chi connectivity index (χ1) is 10.2. The molecule has 0 aliphatic heterocycles. The van der Waals surface area contributed by atoms with Gasteiger partial charge in [-0.3, -0.25) is 9.59 Å². The van der Waals surface area contributed by atoms with Gasteiger partial charge in [-0.1, -0.05) is 36.4 Å². The lowest BCUT2D eigenvalue weighted by molar-refractivity contribution is -0.144. The predicted molar refractivity (Wildman–Crippen MR) is 79.7 cm³/mol. The molecule has 0 aliphatic carbocycles. The number of ether oxygens (including phenoxy) is 1. The van der Waals surface area contributed by atoms with Crippen LogP contribution in [-0.4, -0.2) is 25.1 Å². The van der Waals surface area contributed by atoms with Gasteiger partial charge in [-0.2, -0.15) is 0 Å². The molecule has 4 heteroatoms.